The van der Waals surface area contributed by atoms with Crippen molar-refractivity contribution in [3.63, 3.8) is 0 Å². The SMILES string of the molecule is COc1cc(C(C)NCCCc2ncn[nH]2)ccc1F. The molecule has 1 aromatic heterocycles. The van der Waals surface area contributed by atoms with E-state index in [4.69, 9.17) is 4.74 Å². The Morgan fingerprint density at radius 1 is 1.45 bits per heavy atom. The van der Waals surface area contributed by atoms with Crippen LogP contribution in [0.25, 0.3) is 0 Å². The smallest absolute Gasteiger partial charge is 0.165 e. The number of aromatic amines is 1. The second kappa shape index (κ2) is 7.00. The van der Waals surface area contributed by atoms with Gasteiger partial charge in [0.1, 0.15) is 12.2 Å². The summed E-state index contributed by atoms with van der Waals surface area (Å²) in [7, 11) is 1.47. The lowest BCUT2D eigenvalue weighted by Crippen LogP contribution is -2.20. The van der Waals surface area contributed by atoms with Crippen LogP contribution in [0.2, 0.25) is 0 Å². The summed E-state index contributed by atoms with van der Waals surface area (Å²) in [4.78, 5) is 4.07. The molecule has 1 unspecified atom stereocenters. The number of nitrogens with zero attached hydrogens (tertiary/aromatic N) is 2. The van der Waals surface area contributed by atoms with Crippen LogP contribution in [0.3, 0.4) is 0 Å². The molecule has 0 spiro atoms. The summed E-state index contributed by atoms with van der Waals surface area (Å²) in [5, 5.41) is 10.0. The highest BCUT2D eigenvalue weighted by molar-refractivity contribution is 5.31. The molecule has 0 saturated carbocycles. The minimum Gasteiger partial charge on any atom is -0.494 e. The fourth-order valence-corrected chi connectivity index (χ4v) is 1.99. The number of rotatable bonds is 7. The second-order valence-corrected chi connectivity index (χ2v) is 4.61. The first-order valence-electron chi connectivity index (χ1n) is 6.61. The van der Waals surface area contributed by atoms with E-state index in [2.05, 4.69) is 20.5 Å². The van der Waals surface area contributed by atoms with Gasteiger partial charge < -0.3 is 10.1 Å². The fraction of sp³-hybridized carbons (Fsp3) is 0.429. The Morgan fingerprint density at radius 3 is 3.00 bits per heavy atom. The van der Waals surface area contributed by atoms with Gasteiger partial charge in [-0.1, -0.05) is 6.07 Å². The Bertz CT molecular complexity index is 530. The van der Waals surface area contributed by atoms with Crippen LogP contribution < -0.4 is 10.1 Å². The molecule has 1 aromatic carbocycles. The fourth-order valence-electron chi connectivity index (χ4n) is 1.99. The first kappa shape index (κ1) is 14.5. The van der Waals surface area contributed by atoms with Crippen molar-refractivity contribution in [2.75, 3.05) is 13.7 Å². The quantitative estimate of drug-likeness (QED) is 0.762. The van der Waals surface area contributed by atoms with Gasteiger partial charge in [-0.2, -0.15) is 5.10 Å². The van der Waals surface area contributed by atoms with E-state index in [1.807, 2.05) is 6.92 Å². The van der Waals surface area contributed by atoms with Crippen LogP contribution in [-0.2, 0) is 6.42 Å². The number of ether oxygens (including phenoxy) is 1. The average Bonchev–Trinajstić information content (AvgIpc) is 2.97. The zero-order chi connectivity index (χ0) is 14.4. The highest BCUT2D eigenvalue weighted by atomic mass is 19.1. The van der Waals surface area contributed by atoms with Crippen LogP contribution in [0.15, 0.2) is 24.5 Å². The van der Waals surface area contributed by atoms with Crippen molar-refractivity contribution in [3.8, 4) is 5.75 Å². The van der Waals surface area contributed by atoms with Gasteiger partial charge >= 0.3 is 0 Å². The van der Waals surface area contributed by atoms with E-state index in [-0.39, 0.29) is 17.6 Å². The maximum absolute atomic E-state index is 13.3. The minimum atomic E-state index is -0.339. The predicted molar refractivity (Wildman–Crippen MR) is 74.1 cm³/mol. The van der Waals surface area contributed by atoms with Crippen molar-refractivity contribution < 1.29 is 9.13 Å². The van der Waals surface area contributed by atoms with Crippen LogP contribution in [-0.4, -0.2) is 28.8 Å². The molecule has 1 heterocycles. The molecular formula is C14H19FN4O. The molecule has 108 valence electrons. The summed E-state index contributed by atoms with van der Waals surface area (Å²) in [5.41, 5.74) is 1.00. The highest BCUT2D eigenvalue weighted by Crippen LogP contribution is 2.22. The molecule has 6 heteroatoms. The summed E-state index contributed by atoms with van der Waals surface area (Å²) in [6.07, 6.45) is 3.32. The summed E-state index contributed by atoms with van der Waals surface area (Å²) < 4.78 is 18.3. The maximum Gasteiger partial charge on any atom is 0.165 e. The van der Waals surface area contributed by atoms with Crippen LogP contribution >= 0.6 is 0 Å². The van der Waals surface area contributed by atoms with E-state index in [9.17, 15) is 4.39 Å². The number of hydrogen-bond acceptors (Lipinski definition) is 4. The third kappa shape index (κ3) is 3.77. The molecule has 0 aliphatic carbocycles. The number of hydrogen-bond donors (Lipinski definition) is 2. The van der Waals surface area contributed by atoms with Crippen molar-refractivity contribution in [1.29, 1.82) is 0 Å². The van der Waals surface area contributed by atoms with Gasteiger partial charge in [0.15, 0.2) is 11.6 Å². The summed E-state index contributed by atoms with van der Waals surface area (Å²) in [6.45, 7) is 2.89. The van der Waals surface area contributed by atoms with Gasteiger partial charge in [-0.25, -0.2) is 9.37 Å². The Morgan fingerprint density at radius 2 is 2.30 bits per heavy atom. The second-order valence-electron chi connectivity index (χ2n) is 4.61. The number of nitrogens with one attached hydrogen (secondary N) is 2. The number of aromatic nitrogens is 3. The Hall–Kier alpha value is -1.95. The summed E-state index contributed by atoms with van der Waals surface area (Å²) in [5.74, 6) is 0.828. The molecule has 2 N–H and O–H groups in total. The number of aryl methyl sites for hydroxylation is 1. The monoisotopic (exact) mass is 278 g/mol. The van der Waals surface area contributed by atoms with E-state index in [0.29, 0.717) is 0 Å². The number of H-pyrrole nitrogens is 1. The molecule has 0 amide bonds. The number of halogens is 1. The van der Waals surface area contributed by atoms with Gasteiger partial charge in [0, 0.05) is 12.5 Å². The molecule has 0 bridgehead atoms. The molecule has 0 aliphatic heterocycles. The third-order valence-corrected chi connectivity index (χ3v) is 3.18. The highest BCUT2D eigenvalue weighted by Gasteiger charge is 2.09. The van der Waals surface area contributed by atoms with E-state index < -0.39 is 0 Å². The van der Waals surface area contributed by atoms with Crippen LogP contribution in [0.4, 0.5) is 4.39 Å². The van der Waals surface area contributed by atoms with Gasteiger partial charge in [-0.3, -0.25) is 5.10 Å². The Kier molecular flexibility index (Phi) is 5.06. The van der Waals surface area contributed by atoms with Crippen molar-refractivity contribution >= 4 is 0 Å². The predicted octanol–water partition coefficient (Wildman–Crippen LogP) is 2.24. The number of methoxy groups -OCH3 is 1. The normalized spacial score (nSPS) is 12.3. The molecule has 1 atom stereocenters. The van der Waals surface area contributed by atoms with Gasteiger partial charge in [0.05, 0.1) is 7.11 Å². The van der Waals surface area contributed by atoms with Gasteiger partial charge in [-0.05, 0) is 37.6 Å². The molecule has 20 heavy (non-hydrogen) atoms. The first-order chi connectivity index (χ1) is 9.70. The largest absolute Gasteiger partial charge is 0.494 e. The molecule has 0 aliphatic rings. The lowest BCUT2D eigenvalue weighted by Gasteiger charge is -2.15. The van der Waals surface area contributed by atoms with Gasteiger partial charge in [0.2, 0.25) is 0 Å². The molecule has 5 nitrogen and oxygen atoms in total. The molecule has 2 aromatic rings. The molecule has 2 rings (SSSR count). The topological polar surface area (TPSA) is 62.8 Å². The van der Waals surface area contributed by atoms with E-state index in [1.165, 1.54) is 19.5 Å². The number of benzene rings is 1. The lowest BCUT2D eigenvalue weighted by molar-refractivity contribution is 0.385. The Labute approximate surface area is 117 Å². The average molecular weight is 278 g/mol. The molecule has 0 saturated heterocycles. The molecule has 0 fully saturated rings. The zero-order valence-electron chi connectivity index (χ0n) is 11.7. The summed E-state index contributed by atoms with van der Waals surface area (Å²) in [6, 6.07) is 5.07. The van der Waals surface area contributed by atoms with E-state index >= 15 is 0 Å². The van der Waals surface area contributed by atoms with Gasteiger partial charge in [-0.15, -0.1) is 0 Å². The third-order valence-electron chi connectivity index (χ3n) is 3.18. The lowest BCUT2D eigenvalue weighted by atomic mass is 10.1. The van der Waals surface area contributed by atoms with Crippen molar-refractivity contribution in [2.24, 2.45) is 0 Å². The van der Waals surface area contributed by atoms with Gasteiger partial charge in [0.25, 0.3) is 0 Å². The minimum absolute atomic E-state index is 0.138. The maximum atomic E-state index is 13.3. The molecular weight excluding hydrogens is 259 g/mol. The molecule has 0 radical (unpaired) electrons. The Balaban J connectivity index is 1.80. The van der Waals surface area contributed by atoms with Crippen molar-refractivity contribution in [3.05, 3.63) is 41.7 Å². The zero-order valence-corrected chi connectivity index (χ0v) is 11.7. The standard InChI is InChI=1S/C14H19FN4O/c1-10(11-5-6-12(15)13(8-11)20-2)16-7-3-4-14-17-9-18-19-14/h5-6,8-10,16H,3-4,7H2,1-2H3,(H,17,18,19). The van der Waals surface area contributed by atoms with Crippen LogP contribution in [0.5, 0.6) is 5.75 Å². The van der Waals surface area contributed by atoms with Crippen LogP contribution in [0.1, 0.15) is 30.8 Å². The van der Waals surface area contributed by atoms with Crippen molar-refractivity contribution in [1.82, 2.24) is 20.5 Å². The van der Waals surface area contributed by atoms with E-state index in [0.717, 1.165) is 30.8 Å². The van der Waals surface area contributed by atoms with E-state index in [1.54, 1.807) is 12.1 Å². The first-order valence-corrected chi connectivity index (χ1v) is 6.61. The summed E-state index contributed by atoms with van der Waals surface area (Å²) >= 11 is 0. The van der Waals surface area contributed by atoms with Crippen LogP contribution in [0, 0.1) is 5.82 Å². The van der Waals surface area contributed by atoms with Crippen molar-refractivity contribution in [2.45, 2.75) is 25.8 Å².